The number of nitrogens with two attached hydrogens (primary N) is 1. The van der Waals surface area contributed by atoms with E-state index < -0.39 is 0 Å². The largest absolute Gasteiger partial charge is 0.496 e. The number of anilines is 1. The van der Waals surface area contributed by atoms with Crippen LogP contribution in [-0.4, -0.2) is 39.1 Å². The number of para-hydroxylation sites is 3. The fourth-order valence-electron chi connectivity index (χ4n) is 2.89. The number of nitrogens with one attached hydrogen (secondary N) is 1. The lowest BCUT2D eigenvalue weighted by Gasteiger charge is -2.07. The van der Waals surface area contributed by atoms with Gasteiger partial charge in [0.05, 0.1) is 24.4 Å². The van der Waals surface area contributed by atoms with Crippen molar-refractivity contribution in [3.63, 3.8) is 0 Å². The second kappa shape index (κ2) is 7.80. The van der Waals surface area contributed by atoms with Gasteiger partial charge in [0.25, 0.3) is 5.91 Å². The average Bonchev–Trinajstić information content (AvgIpc) is 3.32. The Morgan fingerprint density at radius 1 is 1.24 bits per heavy atom. The quantitative estimate of drug-likeness (QED) is 0.378. The van der Waals surface area contributed by atoms with E-state index >= 15 is 0 Å². The third-order valence-corrected chi connectivity index (χ3v) is 4.21. The number of imidazole rings is 1. The molecule has 2 aromatic carbocycles. The Kier molecular flexibility index (Phi) is 4.89. The van der Waals surface area contributed by atoms with Crippen molar-refractivity contribution in [3.8, 4) is 17.3 Å². The molecule has 0 bridgehead atoms. The van der Waals surface area contributed by atoms with Crippen LogP contribution in [-0.2, 0) is 11.3 Å². The Morgan fingerprint density at radius 3 is 2.83 bits per heavy atom. The molecular formula is C19H17N7O3. The van der Waals surface area contributed by atoms with Crippen molar-refractivity contribution >= 4 is 29.0 Å². The van der Waals surface area contributed by atoms with Crippen LogP contribution in [0.15, 0.2) is 58.3 Å². The molecule has 0 saturated heterocycles. The maximum Gasteiger partial charge on any atom is 0.260 e. The number of nitrogen functional groups attached to an aromatic ring is 1. The summed E-state index contributed by atoms with van der Waals surface area (Å²) in [4.78, 5) is 17.0. The summed E-state index contributed by atoms with van der Waals surface area (Å²) in [6, 6.07) is 14.7. The molecule has 29 heavy (non-hydrogen) atoms. The number of methoxy groups -OCH3 is 1. The molecule has 0 saturated carbocycles. The number of carbonyl (C=O) groups is 1. The molecule has 1 amide bonds. The van der Waals surface area contributed by atoms with Crippen molar-refractivity contribution in [2.45, 2.75) is 6.54 Å². The smallest absolute Gasteiger partial charge is 0.260 e. The van der Waals surface area contributed by atoms with Gasteiger partial charge >= 0.3 is 0 Å². The number of amides is 1. The molecule has 0 fully saturated rings. The molecule has 4 aromatic rings. The second-order valence-electron chi connectivity index (χ2n) is 6.04. The number of fused-ring (bicyclic) bond motifs is 1. The lowest BCUT2D eigenvalue weighted by molar-refractivity contribution is -0.121. The number of ether oxygens (including phenoxy) is 1. The lowest BCUT2D eigenvalue weighted by Crippen LogP contribution is -2.23. The van der Waals surface area contributed by atoms with Gasteiger partial charge in [-0.25, -0.2) is 15.0 Å². The zero-order chi connectivity index (χ0) is 20.2. The van der Waals surface area contributed by atoms with Gasteiger partial charge in [0, 0.05) is 5.56 Å². The predicted octanol–water partition coefficient (Wildman–Crippen LogP) is 1.83. The van der Waals surface area contributed by atoms with E-state index in [9.17, 15) is 4.79 Å². The van der Waals surface area contributed by atoms with Crippen LogP contribution in [0, 0.1) is 0 Å². The molecule has 0 spiro atoms. The lowest BCUT2D eigenvalue weighted by atomic mass is 10.2. The number of hydrazone groups is 1. The Morgan fingerprint density at radius 2 is 2.03 bits per heavy atom. The second-order valence-corrected chi connectivity index (χ2v) is 6.04. The molecule has 146 valence electrons. The summed E-state index contributed by atoms with van der Waals surface area (Å²) in [6.45, 7) is -0.0502. The van der Waals surface area contributed by atoms with Crippen molar-refractivity contribution in [1.82, 2.24) is 25.3 Å². The van der Waals surface area contributed by atoms with E-state index in [4.69, 9.17) is 10.5 Å². The van der Waals surface area contributed by atoms with Gasteiger partial charge in [-0.3, -0.25) is 4.79 Å². The summed E-state index contributed by atoms with van der Waals surface area (Å²) < 4.78 is 11.6. The minimum absolute atomic E-state index is 0.0502. The predicted molar refractivity (Wildman–Crippen MR) is 106 cm³/mol. The van der Waals surface area contributed by atoms with Crippen molar-refractivity contribution in [3.05, 3.63) is 54.1 Å². The topological polar surface area (TPSA) is 133 Å². The molecule has 2 heterocycles. The Hall–Kier alpha value is -4.21. The maximum absolute atomic E-state index is 12.5. The van der Waals surface area contributed by atoms with Gasteiger partial charge in [0.1, 0.15) is 12.3 Å². The van der Waals surface area contributed by atoms with Crippen LogP contribution >= 0.6 is 0 Å². The molecule has 0 aliphatic carbocycles. The SMILES string of the molecule is COc1ccccc1/C=N\NC(=O)Cn1c(-c2nonc2N)nc2ccccc21. The first-order valence-corrected chi connectivity index (χ1v) is 8.66. The average molecular weight is 391 g/mol. The Labute approximate surface area is 164 Å². The van der Waals surface area contributed by atoms with Gasteiger partial charge in [-0.15, -0.1) is 0 Å². The van der Waals surface area contributed by atoms with Crippen LogP contribution in [0.4, 0.5) is 5.82 Å². The van der Waals surface area contributed by atoms with E-state index in [2.05, 4.69) is 30.5 Å². The minimum Gasteiger partial charge on any atom is -0.496 e. The number of hydrogen-bond donors (Lipinski definition) is 2. The van der Waals surface area contributed by atoms with Crippen molar-refractivity contribution in [1.29, 1.82) is 0 Å². The summed E-state index contributed by atoms with van der Waals surface area (Å²) in [5.74, 6) is 0.780. The van der Waals surface area contributed by atoms with Crippen molar-refractivity contribution < 1.29 is 14.2 Å². The summed E-state index contributed by atoms with van der Waals surface area (Å²) in [5, 5.41) is 11.4. The Bertz CT molecular complexity index is 1200. The van der Waals surface area contributed by atoms with E-state index in [1.165, 1.54) is 6.21 Å². The third-order valence-electron chi connectivity index (χ3n) is 4.21. The number of aromatic nitrogens is 4. The summed E-state index contributed by atoms with van der Waals surface area (Å²) in [5.41, 5.74) is 10.8. The molecule has 0 unspecified atom stereocenters. The van der Waals surface area contributed by atoms with Crippen LogP contribution in [0.3, 0.4) is 0 Å². The fraction of sp³-hybridized carbons (Fsp3) is 0.105. The van der Waals surface area contributed by atoms with E-state index in [0.717, 1.165) is 11.1 Å². The first-order chi connectivity index (χ1) is 14.2. The first-order valence-electron chi connectivity index (χ1n) is 8.66. The molecule has 4 rings (SSSR count). The molecule has 0 atom stereocenters. The standard InChI is InChI=1S/C19H17N7O3/c1-28-15-9-5-2-6-12(15)10-21-23-16(27)11-26-14-8-4-3-7-13(14)22-19(26)17-18(20)25-29-24-17/h2-10H,11H2,1H3,(H2,20,25)(H,23,27)/b21-10-. The number of nitrogens with zero attached hydrogens (tertiary/aromatic N) is 5. The van der Waals surface area contributed by atoms with E-state index in [1.54, 1.807) is 11.7 Å². The summed E-state index contributed by atoms with van der Waals surface area (Å²) >= 11 is 0. The molecular weight excluding hydrogens is 374 g/mol. The van der Waals surface area contributed by atoms with Crippen LogP contribution in [0.5, 0.6) is 5.75 Å². The van der Waals surface area contributed by atoms with Gasteiger partial charge in [-0.2, -0.15) is 5.10 Å². The maximum atomic E-state index is 12.5. The van der Waals surface area contributed by atoms with Crippen LogP contribution < -0.4 is 15.9 Å². The van der Waals surface area contributed by atoms with Gasteiger partial charge < -0.3 is 15.0 Å². The van der Waals surface area contributed by atoms with Gasteiger partial charge in [0.2, 0.25) is 0 Å². The number of carbonyl (C=O) groups excluding carboxylic acids is 1. The van der Waals surface area contributed by atoms with Crippen molar-refractivity contribution in [2.24, 2.45) is 5.10 Å². The fourth-order valence-corrected chi connectivity index (χ4v) is 2.89. The van der Waals surface area contributed by atoms with Crippen LogP contribution in [0.2, 0.25) is 0 Å². The van der Waals surface area contributed by atoms with E-state index in [1.807, 2.05) is 48.5 Å². The third kappa shape index (κ3) is 3.63. The van der Waals surface area contributed by atoms with Crippen LogP contribution in [0.1, 0.15) is 5.56 Å². The van der Waals surface area contributed by atoms with E-state index in [-0.39, 0.29) is 24.0 Å². The molecule has 10 heteroatoms. The highest BCUT2D eigenvalue weighted by Gasteiger charge is 2.20. The first kappa shape index (κ1) is 18.2. The molecule has 0 aliphatic heterocycles. The minimum atomic E-state index is -0.351. The molecule has 2 aromatic heterocycles. The zero-order valence-electron chi connectivity index (χ0n) is 15.4. The summed E-state index contributed by atoms with van der Waals surface area (Å²) in [7, 11) is 1.57. The molecule has 3 N–H and O–H groups in total. The number of rotatable bonds is 6. The highest BCUT2D eigenvalue weighted by molar-refractivity contribution is 5.87. The number of hydrogen-bond acceptors (Lipinski definition) is 8. The van der Waals surface area contributed by atoms with Gasteiger partial charge in [-0.05, 0) is 34.6 Å². The van der Waals surface area contributed by atoms with E-state index in [0.29, 0.717) is 17.1 Å². The highest BCUT2D eigenvalue weighted by atomic mass is 16.6. The van der Waals surface area contributed by atoms with Gasteiger partial charge in [-0.1, -0.05) is 24.3 Å². The van der Waals surface area contributed by atoms with Crippen LogP contribution in [0.25, 0.3) is 22.6 Å². The molecule has 0 radical (unpaired) electrons. The zero-order valence-corrected chi connectivity index (χ0v) is 15.4. The van der Waals surface area contributed by atoms with Crippen molar-refractivity contribution in [2.75, 3.05) is 12.8 Å². The molecule has 0 aliphatic rings. The van der Waals surface area contributed by atoms with Gasteiger partial charge in [0.15, 0.2) is 17.3 Å². The summed E-state index contributed by atoms with van der Waals surface area (Å²) in [6.07, 6.45) is 1.52. The normalized spacial score (nSPS) is 11.2. The highest BCUT2D eigenvalue weighted by Crippen LogP contribution is 2.26. The monoisotopic (exact) mass is 391 g/mol. The molecule has 10 nitrogen and oxygen atoms in total. The Balaban J connectivity index is 1.58. The number of benzene rings is 2.